The molecule has 35 heavy (non-hydrogen) atoms. The molecule has 0 N–H and O–H groups in total. The first-order valence-corrected chi connectivity index (χ1v) is 11.9. The summed E-state index contributed by atoms with van der Waals surface area (Å²) in [5.41, 5.74) is 5.58. The number of ether oxygens (including phenoxy) is 1. The van der Waals surface area contributed by atoms with E-state index in [-0.39, 0.29) is 0 Å². The van der Waals surface area contributed by atoms with Gasteiger partial charge in [0.15, 0.2) is 0 Å². The van der Waals surface area contributed by atoms with Gasteiger partial charge in [0.05, 0.1) is 11.0 Å². The molecule has 3 aromatic heterocycles. The summed E-state index contributed by atoms with van der Waals surface area (Å²) in [5, 5.41) is 2.43. The molecule has 4 heteroatoms. The zero-order valence-electron chi connectivity index (χ0n) is 19.7. The zero-order valence-corrected chi connectivity index (χ0v) is 19.7. The summed E-state index contributed by atoms with van der Waals surface area (Å²) in [4.78, 5) is 9.29. The molecule has 0 aliphatic heterocycles. The van der Waals surface area contributed by atoms with E-state index in [0.29, 0.717) is 11.8 Å². The van der Waals surface area contributed by atoms with Crippen molar-refractivity contribution in [2.75, 3.05) is 0 Å². The highest BCUT2D eigenvalue weighted by atomic mass is 16.5. The number of fused-ring (bicyclic) bond motifs is 3. The Balaban J connectivity index is 1.51. The molecule has 3 aromatic carbocycles. The lowest BCUT2D eigenvalue weighted by Crippen LogP contribution is -2.01. The van der Waals surface area contributed by atoms with E-state index in [9.17, 15) is 0 Å². The van der Waals surface area contributed by atoms with Crippen LogP contribution < -0.4 is 4.74 Å². The quantitative estimate of drug-likeness (QED) is 0.263. The van der Waals surface area contributed by atoms with Gasteiger partial charge in [0, 0.05) is 28.7 Å². The molecule has 170 valence electrons. The van der Waals surface area contributed by atoms with Crippen LogP contribution in [0.1, 0.15) is 25.5 Å². The number of pyridine rings is 2. The second-order valence-corrected chi connectivity index (χ2v) is 8.96. The minimum Gasteiger partial charge on any atom is -0.439 e. The predicted octanol–water partition coefficient (Wildman–Crippen LogP) is 8.16. The van der Waals surface area contributed by atoms with E-state index in [2.05, 4.69) is 96.2 Å². The molecule has 0 saturated carbocycles. The Morgan fingerprint density at radius 3 is 2.34 bits per heavy atom. The van der Waals surface area contributed by atoms with Gasteiger partial charge in [-0.05, 0) is 59.5 Å². The van der Waals surface area contributed by atoms with Crippen LogP contribution in [0.15, 0.2) is 109 Å². The fraction of sp³-hybridized carbons (Fsp3) is 0.0968. The second kappa shape index (κ2) is 8.73. The Hall–Kier alpha value is -4.44. The lowest BCUT2D eigenvalue weighted by Gasteiger charge is -2.11. The highest BCUT2D eigenvalue weighted by Gasteiger charge is 2.15. The summed E-state index contributed by atoms with van der Waals surface area (Å²) in [6.45, 7) is 4.35. The smallest absolute Gasteiger partial charge is 0.219 e. The maximum absolute atomic E-state index is 5.98. The van der Waals surface area contributed by atoms with Gasteiger partial charge in [-0.3, -0.25) is 4.57 Å². The van der Waals surface area contributed by atoms with Crippen molar-refractivity contribution >= 4 is 21.8 Å². The van der Waals surface area contributed by atoms with Crippen molar-refractivity contribution in [1.29, 1.82) is 0 Å². The van der Waals surface area contributed by atoms with Gasteiger partial charge in [0.1, 0.15) is 11.6 Å². The first-order chi connectivity index (χ1) is 17.2. The molecule has 0 fully saturated rings. The average Bonchev–Trinajstić information content (AvgIpc) is 3.23. The van der Waals surface area contributed by atoms with Crippen molar-refractivity contribution < 1.29 is 4.74 Å². The zero-order chi connectivity index (χ0) is 23.8. The molecule has 0 aliphatic rings. The van der Waals surface area contributed by atoms with Crippen LogP contribution in [0.4, 0.5) is 0 Å². The third-order valence-electron chi connectivity index (χ3n) is 6.28. The average molecular weight is 456 g/mol. The number of para-hydroxylation sites is 1. The maximum Gasteiger partial charge on any atom is 0.219 e. The molecule has 0 amide bonds. The summed E-state index contributed by atoms with van der Waals surface area (Å²) in [5.74, 6) is 2.64. The summed E-state index contributed by atoms with van der Waals surface area (Å²) in [6, 6.07) is 35.2. The number of hydrogen-bond donors (Lipinski definition) is 0. The normalized spacial score (nSPS) is 11.4. The largest absolute Gasteiger partial charge is 0.439 e. The van der Waals surface area contributed by atoms with Gasteiger partial charge < -0.3 is 4.74 Å². The molecule has 0 radical (unpaired) electrons. The SMILES string of the molecule is CC(C)c1cccc(-n2c3ccccc3c3ccc(-c4cccc(Oc5ccccn5)c4)cc32)n1. The molecule has 6 aromatic rings. The van der Waals surface area contributed by atoms with E-state index in [1.807, 2.05) is 30.3 Å². The maximum atomic E-state index is 5.98. The minimum absolute atomic E-state index is 0.362. The van der Waals surface area contributed by atoms with E-state index in [4.69, 9.17) is 9.72 Å². The number of aromatic nitrogens is 3. The number of rotatable bonds is 5. The van der Waals surface area contributed by atoms with E-state index in [1.54, 1.807) is 6.20 Å². The monoisotopic (exact) mass is 455 g/mol. The van der Waals surface area contributed by atoms with E-state index in [0.717, 1.165) is 39.4 Å². The first kappa shape index (κ1) is 21.1. The van der Waals surface area contributed by atoms with E-state index in [1.165, 1.54) is 10.8 Å². The van der Waals surface area contributed by atoms with Gasteiger partial charge in [-0.15, -0.1) is 0 Å². The third kappa shape index (κ3) is 3.93. The highest BCUT2D eigenvalue weighted by molar-refractivity contribution is 6.10. The molecule has 0 atom stereocenters. The summed E-state index contributed by atoms with van der Waals surface area (Å²) >= 11 is 0. The van der Waals surface area contributed by atoms with Crippen LogP contribution in [0.25, 0.3) is 38.8 Å². The first-order valence-electron chi connectivity index (χ1n) is 11.9. The van der Waals surface area contributed by atoms with Crippen molar-refractivity contribution in [3.05, 3.63) is 115 Å². The number of benzene rings is 3. The van der Waals surface area contributed by atoms with Crippen LogP contribution in [0.3, 0.4) is 0 Å². The van der Waals surface area contributed by atoms with Gasteiger partial charge in [-0.25, -0.2) is 9.97 Å². The lowest BCUT2D eigenvalue weighted by molar-refractivity contribution is 0.463. The van der Waals surface area contributed by atoms with Crippen molar-refractivity contribution in [1.82, 2.24) is 14.5 Å². The summed E-state index contributed by atoms with van der Waals surface area (Å²) in [6.07, 6.45) is 1.73. The molecule has 0 unspecified atom stereocenters. The van der Waals surface area contributed by atoms with Gasteiger partial charge >= 0.3 is 0 Å². The van der Waals surface area contributed by atoms with Crippen LogP contribution >= 0.6 is 0 Å². The Kier molecular flexibility index (Phi) is 5.27. The Morgan fingerprint density at radius 2 is 1.49 bits per heavy atom. The van der Waals surface area contributed by atoms with Crippen LogP contribution in [0.2, 0.25) is 0 Å². The Morgan fingerprint density at radius 1 is 0.686 bits per heavy atom. The molecule has 0 spiro atoms. The standard InChI is InChI=1S/C31H25N3O/c1-21(2)27-12-8-14-30(33-27)34-28-13-4-3-11-25(28)26-17-16-23(20-29(26)34)22-9-7-10-24(19-22)35-31-15-5-6-18-32-31/h3-21H,1-2H3. The van der Waals surface area contributed by atoms with Gasteiger partial charge in [0.25, 0.3) is 0 Å². The molecule has 0 aliphatic carbocycles. The number of hydrogen-bond acceptors (Lipinski definition) is 3. The van der Waals surface area contributed by atoms with Gasteiger partial charge in [-0.1, -0.05) is 68.4 Å². The lowest BCUT2D eigenvalue weighted by atomic mass is 10.0. The van der Waals surface area contributed by atoms with Crippen LogP contribution in [0, 0.1) is 0 Å². The van der Waals surface area contributed by atoms with Crippen molar-refractivity contribution in [3.63, 3.8) is 0 Å². The molecule has 3 heterocycles. The topological polar surface area (TPSA) is 39.9 Å². The Bertz CT molecular complexity index is 1650. The Labute approximate surface area is 204 Å². The summed E-state index contributed by atoms with van der Waals surface area (Å²) in [7, 11) is 0. The molecule has 0 bridgehead atoms. The van der Waals surface area contributed by atoms with Crippen LogP contribution in [-0.2, 0) is 0 Å². The van der Waals surface area contributed by atoms with Crippen LogP contribution in [-0.4, -0.2) is 14.5 Å². The van der Waals surface area contributed by atoms with Crippen LogP contribution in [0.5, 0.6) is 11.6 Å². The van der Waals surface area contributed by atoms with Gasteiger partial charge in [-0.2, -0.15) is 0 Å². The fourth-order valence-electron chi connectivity index (χ4n) is 4.55. The van der Waals surface area contributed by atoms with Crippen molar-refractivity contribution in [2.24, 2.45) is 0 Å². The van der Waals surface area contributed by atoms with Gasteiger partial charge in [0.2, 0.25) is 5.88 Å². The van der Waals surface area contributed by atoms with Crippen molar-refractivity contribution in [3.8, 4) is 28.6 Å². The minimum atomic E-state index is 0.362. The molecule has 4 nitrogen and oxygen atoms in total. The molecule has 6 rings (SSSR count). The van der Waals surface area contributed by atoms with Crippen molar-refractivity contribution in [2.45, 2.75) is 19.8 Å². The summed E-state index contributed by atoms with van der Waals surface area (Å²) < 4.78 is 8.25. The molecular weight excluding hydrogens is 430 g/mol. The van der Waals surface area contributed by atoms with E-state index >= 15 is 0 Å². The number of nitrogens with zero attached hydrogens (tertiary/aromatic N) is 3. The molecule has 0 saturated heterocycles. The predicted molar refractivity (Wildman–Crippen MR) is 142 cm³/mol. The highest BCUT2D eigenvalue weighted by Crippen LogP contribution is 2.35. The fourth-order valence-corrected chi connectivity index (χ4v) is 4.55. The molecular formula is C31H25N3O. The third-order valence-corrected chi connectivity index (χ3v) is 6.28. The van der Waals surface area contributed by atoms with E-state index < -0.39 is 0 Å². The second-order valence-electron chi connectivity index (χ2n) is 8.96.